The summed E-state index contributed by atoms with van der Waals surface area (Å²) in [5, 5.41) is 21.0. The molecular weight excluding hydrogens is 346 g/mol. The molecule has 8 nitrogen and oxygen atoms in total. The Labute approximate surface area is 159 Å². The molecule has 8 heteroatoms. The van der Waals surface area contributed by atoms with Crippen LogP contribution in [0.4, 0.5) is 5.82 Å². The quantitative estimate of drug-likeness (QED) is 0.548. The minimum Gasteiger partial charge on any atom is -0.480 e. The summed E-state index contributed by atoms with van der Waals surface area (Å²) in [5.41, 5.74) is -0.0868. The third kappa shape index (κ3) is 5.99. The maximum absolute atomic E-state index is 12.3. The van der Waals surface area contributed by atoms with Crippen LogP contribution in [-0.2, 0) is 9.59 Å². The van der Waals surface area contributed by atoms with E-state index in [0.717, 1.165) is 18.9 Å². The van der Waals surface area contributed by atoms with Crippen molar-refractivity contribution in [3.05, 3.63) is 36.2 Å². The first-order chi connectivity index (χ1) is 12.9. The van der Waals surface area contributed by atoms with E-state index in [-0.39, 0.29) is 11.5 Å². The average Bonchev–Trinajstić information content (AvgIpc) is 2.66. The van der Waals surface area contributed by atoms with E-state index in [9.17, 15) is 20.0 Å². The number of carboxylic acids is 1. The first kappa shape index (κ1) is 20.2. The van der Waals surface area contributed by atoms with E-state index in [1.165, 1.54) is 6.20 Å². The second-order valence-corrected chi connectivity index (χ2v) is 6.86. The number of hydrogen-bond donors (Lipinski definition) is 2. The number of carbonyl (C=O) groups excluding carboxylic acids is 1. The normalized spacial score (nSPS) is 16.0. The number of nitrogens with one attached hydrogen (secondary N) is 1. The molecule has 2 N–H and O–H groups in total. The van der Waals surface area contributed by atoms with Gasteiger partial charge >= 0.3 is 5.97 Å². The predicted molar refractivity (Wildman–Crippen MR) is 101 cm³/mol. The van der Waals surface area contributed by atoms with Gasteiger partial charge in [-0.15, -0.1) is 0 Å². The van der Waals surface area contributed by atoms with Gasteiger partial charge in [-0.25, -0.2) is 9.78 Å². The van der Waals surface area contributed by atoms with Crippen molar-refractivity contribution in [3.8, 4) is 6.07 Å². The minimum absolute atomic E-state index is 0.0868. The van der Waals surface area contributed by atoms with Crippen LogP contribution < -0.4 is 10.2 Å². The number of aliphatic carboxylic acids is 1. The number of carboxylic acid groups (broad SMARTS) is 1. The van der Waals surface area contributed by atoms with E-state index < -0.39 is 17.9 Å². The fraction of sp³-hybridized carbons (Fsp3) is 0.474. The highest BCUT2D eigenvalue weighted by molar-refractivity contribution is 5.99. The van der Waals surface area contributed by atoms with Gasteiger partial charge in [-0.3, -0.25) is 4.79 Å². The molecule has 0 spiro atoms. The van der Waals surface area contributed by atoms with Gasteiger partial charge < -0.3 is 20.2 Å². The van der Waals surface area contributed by atoms with Gasteiger partial charge in [-0.05, 0) is 24.5 Å². The Bertz CT molecular complexity index is 719. The third-order valence-electron chi connectivity index (χ3n) is 4.27. The van der Waals surface area contributed by atoms with Gasteiger partial charge in [-0.2, -0.15) is 5.26 Å². The van der Waals surface area contributed by atoms with E-state index in [1.54, 1.807) is 6.20 Å². The zero-order valence-electron chi connectivity index (χ0n) is 15.6. The number of aromatic nitrogens is 1. The summed E-state index contributed by atoms with van der Waals surface area (Å²) >= 11 is 0. The first-order valence-corrected chi connectivity index (χ1v) is 8.96. The maximum Gasteiger partial charge on any atom is 0.326 e. The van der Waals surface area contributed by atoms with Crippen molar-refractivity contribution < 1.29 is 14.7 Å². The van der Waals surface area contributed by atoms with Gasteiger partial charge in [0.15, 0.2) is 0 Å². The second-order valence-electron chi connectivity index (χ2n) is 6.86. The predicted octanol–water partition coefficient (Wildman–Crippen LogP) is 1.23. The van der Waals surface area contributed by atoms with Crippen LogP contribution in [0.25, 0.3) is 0 Å². The molecule has 0 aromatic carbocycles. The van der Waals surface area contributed by atoms with Crippen LogP contribution in [0.15, 0.2) is 36.2 Å². The van der Waals surface area contributed by atoms with Crippen LogP contribution in [0, 0.1) is 17.2 Å². The molecule has 2 rings (SSSR count). The van der Waals surface area contributed by atoms with Gasteiger partial charge in [0.05, 0.1) is 0 Å². The van der Waals surface area contributed by atoms with Gasteiger partial charge in [-0.1, -0.05) is 19.9 Å². The van der Waals surface area contributed by atoms with E-state index in [4.69, 9.17) is 0 Å². The lowest BCUT2D eigenvalue weighted by Gasteiger charge is -2.34. The Balaban J connectivity index is 1.96. The van der Waals surface area contributed by atoms with Crippen molar-refractivity contribution in [2.45, 2.75) is 26.3 Å². The lowest BCUT2D eigenvalue weighted by Crippen LogP contribution is -2.45. The number of amides is 1. The van der Waals surface area contributed by atoms with Gasteiger partial charge in [0.1, 0.15) is 23.5 Å². The molecule has 1 amide bonds. The number of nitrogens with zero attached hydrogens (tertiary/aromatic N) is 4. The summed E-state index contributed by atoms with van der Waals surface area (Å²) in [6, 6.07) is 6.62. The van der Waals surface area contributed by atoms with Gasteiger partial charge in [0, 0.05) is 38.6 Å². The number of rotatable bonds is 7. The van der Waals surface area contributed by atoms with Crippen LogP contribution in [0.2, 0.25) is 0 Å². The molecule has 0 saturated carbocycles. The molecule has 1 aromatic heterocycles. The Hall–Kier alpha value is -3.08. The van der Waals surface area contributed by atoms with Gasteiger partial charge in [0.25, 0.3) is 5.91 Å². The molecule has 144 valence electrons. The first-order valence-electron chi connectivity index (χ1n) is 8.96. The molecular formula is C19H25N5O3. The minimum atomic E-state index is -1.10. The molecule has 1 fully saturated rings. The van der Waals surface area contributed by atoms with Gasteiger partial charge in [0.2, 0.25) is 0 Å². The van der Waals surface area contributed by atoms with E-state index >= 15 is 0 Å². The highest BCUT2D eigenvalue weighted by Gasteiger charge is 2.24. The van der Waals surface area contributed by atoms with Crippen molar-refractivity contribution in [3.63, 3.8) is 0 Å². The highest BCUT2D eigenvalue weighted by Crippen LogP contribution is 2.13. The van der Waals surface area contributed by atoms with Crippen LogP contribution in [0.5, 0.6) is 0 Å². The van der Waals surface area contributed by atoms with E-state index in [0.29, 0.717) is 19.5 Å². The molecule has 0 aliphatic carbocycles. The zero-order chi connectivity index (χ0) is 19.8. The molecule has 1 atom stereocenters. The lowest BCUT2D eigenvalue weighted by atomic mass is 10.0. The molecule has 1 aliphatic rings. The Morgan fingerprint density at radius 3 is 2.56 bits per heavy atom. The van der Waals surface area contributed by atoms with Crippen LogP contribution in [0.1, 0.15) is 20.3 Å². The third-order valence-corrected chi connectivity index (χ3v) is 4.27. The average molecular weight is 371 g/mol. The maximum atomic E-state index is 12.3. The van der Waals surface area contributed by atoms with Crippen LogP contribution in [-0.4, -0.2) is 59.1 Å². The highest BCUT2D eigenvalue weighted by atomic mass is 16.4. The zero-order valence-corrected chi connectivity index (χ0v) is 15.6. The fourth-order valence-corrected chi connectivity index (χ4v) is 2.87. The number of carbonyl (C=O) groups is 2. The number of hydrogen-bond acceptors (Lipinski definition) is 6. The summed E-state index contributed by atoms with van der Waals surface area (Å²) in [6.07, 6.45) is 3.57. The summed E-state index contributed by atoms with van der Waals surface area (Å²) in [5.74, 6) is -0.742. The Morgan fingerprint density at radius 1 is 1.33 bits per heavy atom. The molecule has 27 heavy (non-hydrogen) atoms. The summed E-state index contributed by atoms with van der Waals surface area (Å²) in [4.78, 5) is 32.0. The van der Waals surface area contributed by atoms with E-state index in [1.807, 2.05) is 43.0 Å². The molecule has 2 heterocycles. The van der Waals surface area contributed by atoms with Crippen molar-refractivity contribution in [2.75, 3.05) is 31.1 Å². The standard InChI is InChI=1S/C19H25N5O3/c1-14(2)11-16(19(26)27)22-18(25)15(12-20)13-23-7-9-24(10-8-23)17-5-3-4-6-21-17/h3-6,13-14,16H,7-11H2,1-2H3,(H,22,25)(H,26,27)/b15-13-. The SMILES string of the molecule is CC(C)CC(NC(=O)/C(C#N)=C\N1CCN(c2ccccn2)CC1)C(=O)O. The molecule has 0 radical (unpaired) electrons. The molecule has 1 saturated heterocycles. The van der Waals surface area contributed by atoms with Crippen LogP contribution in [0.3, 0.4) is 0 Å². The topological polar surface area (TPSA) is 110 Å². The van der Waals surface area contributed by atoms with Crippen molar-refractivity contribution in [1.29, 1.82) is 5.26 Å². The number of nitriles is 1. The number of anilines is 1. The number of pyridine rings is 1. The fourth-order valence-electron chi connectivity index (χ4n) is 2.87. The monoisotopic (exact) mass is 371 g/mol. The largest absolute Gasteiger partial charge is 0.480 e. The molecule has 0 bridgehead atoms. The van der Waals surface area contributed by atoms with Crippen molar-refractivity contribution >= 4 is 17.7 Å². The molecule has 1 aromatic rings. The number of piperazine rings is 1. The van der Waals surface area contributed by atoms with Crippen molar-refractivity contribution in [1.82, 2.24) is 15.2 Å². The van der Waals surface area contributed by atoms with Crippen molar-refractivity contribution in [2.24, 2.45) is 5.92 Å². The van der Waals surface area contributed by atoms with Crippen LogP contribution >= 0.6 is 0 Å². The second kappa shape index (κ2) is 9.57. The molecule has 1 unspecified atom stereocenters. The van der Waals surface area contributed by atoms with E-state index in [2.05, 4.69) is 15.2 Å². The molecule has 1 aliphatic heterocycles. The summed E-state index contributed by atoms with van der Waals surface area (Å²) < 4.78 is 0. The summed E-state index contributed by atoms with van der Waals surface area (Å²) in [7, 11) is 0. The lowest BCUT2D eigenvalue weighted by molar-refractivity contribution is -0.141. The smallest absolute Gasteiger partial charge is 0.326 e. The summed E-state index contributed by atoms with van der Waals surface area (Å²) in [6.45, 7) is 6.49. The Morgan fingerprint density at radius 2 is 2.04 bits per heavy atom. The Kier molecular flexibility index (Phi) is 7.17.